The number of benzene rings is 3. The highest BCUT2D eigenvalue weighted by atomic mass is 35.5. The molecule has 17 nitrogen and oxygen atoms in total. The summed E-state index contributed by atoms with van der Waals surface area (Å²) in [7, 11) is -4.67. The molecule has 5 N–H and O–H groups in total. The first-order chi connectivity index (χ1) is 34.8. The van der Waals surface area contributed by atoms with Gasteiger partial charge in [0.05, 0.1) is 42.2 Å². The lowest BCUT2D eigenvalue weighted by Gasteiger charge is -2.21. The summed E-state index contributed by atoms with van der Waals surface area (Å²) < 4.78 is 102. The van der Waals surface area contributed by atoms with Gasteiger partial charge in [0.15, 0.2) is 11.6 Å². The number of nitrogens with zero attached hydrogens (tertiary/aromatic N) is 7. The van der Waals surface area contributed by atoms with E-state index < -0.39 is 33.8 Å². The van der Waals surface area contributed by atoms with Crippen LogP contribution in [0.15, 0.2) is 110 Å². The van der Waals surface area contributed by atoms with Crippen molar-refractivity contribution < 1.29 is 54.1 Å². The second-order valence-corrected chi connectivity index (χ2v) is 17.5. The molecule has 3 saturated heterocycles. The summed E-state index contributed by atoms with van der Waals surface area (Å²) in [6.07, 6.45) is 8.06. The van der Waals surface area contributed by atoms with Gasteiger partial charge >= 0.3 is 10.4 Å². The number of nitrogens with two attached hydrogens (primary N) is 1. The number of hydrogen-bond donors (Lipinski definition) is 4. The number of para-hydroxylation sites is 2. The average Bonchev–Trinajstić information content (AvgIpc) is 4.16. The van der Waals surface area contributed by atoms with E-state index in [0.29, 0.717) is 55.4 Å². The Hall–Kier alpha value is -7.60. The van der Waals surface area contributed by atoms with Crippen molar-refractivity contribution in [2.24, 2.45) is 5.73 Å². The molecule has 3 atom stereocenters. The van der Waals surface area contributed by atoms with E-state index in [1.165, 1.54) is 42.5 Å². The van der Waals surface area contributed by atoms with Crippen LogP contribution in [0, 0.1) is 61.9 Å². The van der Waals surface area contributed by atoms with E-state index >= 15 is 0 Å². The Morgan fingerprint density at radius 3 is 1.58 bits per heavy atom. The van der Waals surface area contributed by atoms with Crippen molar-refractivity contribution in [3.63, 3.8) is 0 Å². The molecular formula is C51H54ClF4N9O8S. The molecule has 0 unspecified atom stereocenters. The molecule has 6 heterocycles. The van der Waals surface area contributed by atoms with Gasteiger partial charge in [0.1, 0.15) is 36.0 Å². The molecule has 74 heavy (non-hydrogen) atoms. The van der Waals surface area contributed by atoms with Crippen molar-refractivity contribution in [3.8, 4) is 23.7 Å². The fourth-order valence-electron chi connectivity index (χ4n) is 7.40. The molecule has 1 amide bonds. The van der Waals surface area contributed by atoms with E-state index in [9.17, 15) is 22.4 Å². The summed E-state index contributed by atoms with van der Waals surface area (Å²) in [5.41, 5.74) is 9.55. The highest BCUT2D eigenvalue weighted by Gasteiger charge is 2.30. The molecule has 0 saturated carbocycles. The number of primary amides is 1. The number of carbonyl (C=O) groups excluding carboxylic acids is 1. The van der Waals surface area contributed by atoms with Gasteiger partial charge in [-0.05, 0) is 80.8 Å². The first-order valence-corrected chi connectivity index (χ1v) is 24.0. The number of aromatic nitrogens is 3. The van der Waals surface area contributed by atoms with Crippen LogP contribution in [-0.4, -0.2) is 96.0 Å². The zero-order valence-corrected chi connectivity index (χ0v) is 42.0. The van der Waals surface area contributed by atoms with E-state index in [1.54, 1.807) is 29.4 Å². The van der Waals surface area contributed by atoms with Crippen LogP contribution in [0.1, 0.15) is 51.9 Å². The average molecular weight is 1060 g/mol. The Morgan fingerprint density at radius 2 is 1.16 bits per heavy atom. The largest absolute Gasteiger partial charge is 0.473 e. The van der Waals surface area contributed by atoms with Crippen LogP contribution < -0.4 is 35.1 Å². The number of nitriles is 1. The summed E-state index contributed by atoms with van der Waals surface area (Å²) in [6.45, 7) is 17.4. The highest BCUT2D eigenvalue weighted by Crippen LogP contribution is 2.35. The number of aryl methyl sites for hydroxylation is 3. The molecule has 392 valence electrons. The normalized spacial score (nSPS) is 16.3. The van der Waals surface area contributed by atoms with Gasteiger partial charge in [0, 0.05) is 69.3 Å². The van der Waals surface area contributed by atoms with Gasteiger partial charge in [-0.15, -0.1) is 12.4 Å². The van der Waals surface area contributed by atoms with Crippen LogP contribution in [0.25, 0.3) is 4.85 Å². The standard InChI is InChI=1S/C17H18FN3O2.C17H16FN3O.C10H14N2O.C7H3F2N.ClH.H2O4S/c1-11-5-6-15(20-9-11)23-12-7-8-21(10-12)16-13(17(19)22)3-2-4-14(16)18;1-12-6-7-16(20-10-12)22-13-8-9-21(11-13)17-14(18)4-3-5-15(17)19-2;1-8-2-3-10(12-6-8)13-9-4-5-11-7-9;8-6-3-1-2-5(4-10)7(6)9;;1-5(2,3)4/h2-6,9,12H,7-8,10H2,1H3,(H2,19,22);3-7,10,13H,8-9,11H2,1H3;2-3,6,9,11H,4-5,7H2,1H3;1-3H;1H;(H2,1,2,3,4)/t12-;13-;9-;;;/m000.../s1. The van der Waals surface area contributed by atoms with Crippen molar-refractivity contribution >= 4 is 45.8 Å². The number of amides is 1. The maximum Gasteiger partial charge on any atom is 0.394 e. The third-order valence-corrected chi connectivity index (χ3v) is 10.9. The van der Waals surface area contributed by atoms with E-state index in [1.807, 2.05) is 68.3 Å². The van der Waals surface area contributed by atoms with Gasteiger partial charge in [-0.3, -0.25) is 13.9 Å². The molecule has 3 aliphatic heterocycles. The first kappa shape index (κ1) is 59.0. The Morgan fingerprint density at radius 1 is 0.716 bits per heavy atom. The zero-order chi connectivity index (χ0) is 53.1. The number of rotatable bonds is 9. The molecule has 3 aromatic carbocycles. The van der Waals surface area contributed by atoms with Crippen LogP contribution in [-0.2, 0) is 10.4 Å². The Labute approximate surface area is 432 Å². The SMILES string of the molecule is Cc1ccc(O[C@H]2CCN(c3c(F)cccc3C(N)=O)C2)nc1.Cc1ccc(O[C@H]2CCNC2)nc1.Cl.N#Cc1cccc(F)c1F.O=S(=O)(O)O.[C-]#[N+]c1cccc(F)c1N1CC[C@H](Oc2ccc(C)cn2)C1. The number of halogens is 5. The van der Waals surface area contributed by atoms with Crippen molar-refractivity contribution in [2.75, 3.05) is 49.1 Å². The monoisotopic (exact) mass is 1060 g/mol. The third kappa shape index (κ3) is 18.8. The number of ether oxygens (including phenoxy) is 3. The minimum absolute atomic E-state index is 0. The number of anilines is 2. The highest BCUT2D eigenvalue weighted by molar-refractivity contribution is 7.79. The molecule has 0 radical (unpaired) electrons. The molecule has 0 spiro atoms. The summed E-state index contributed by atoms with van der Waals surface area (Å²) in [4.78, 5) is 31.2. The lowest BCUT2D eigenvalue weighted by molar-refractivity contribution is 0.1000. The van der Waals surface area contributed by atoms with Gasteiger partial charge in [0.25, 0.3) is 5.91 Å². The van der Waals surface area contributed by atoms with E-state index in [0.717, 1.165) is 61.0 Å². The fraction of sp³-hybridized carbons (Fsp3) is 0.294. The predicted octanol–water partition coefficient (Wildman–Crippen LogP) is 8.76. The summed E-state index contributed by atoms with van der Waals surface area (Å²) in [5, 5.41) is 11.4. The van der Waals surface area contributed by atoms with E-state index in [-0.39, 0.29) is 47.2 Å². The molecule has 23 heteroatoms. The third-order valence-electron chi connectivity index (χ3n) is 10.9. The minimum atomic E-state index is -4.67. The van der Waals surface area contributed by atoms with E-state index in [2.05, 4.69) is 25.1 Å². The fourth-order valence-corrected chi connectivity index (χ4v) is 7.40. The van der Waals surface area contributed by atoms with Crippen LogP contribution in [0.3, 0.4) is 0 Å². The van der Waals surface area contributed by atoms with Crippen LogP contribution in [0.4, 0.5) is 34.6 Å². The molecule has 3 aliphatic rings. The van der Waals surface area contributed by atoms with Gasteiger partial charge < -0.3 is 35.1 Å². The van der Waals surface area contributed by atoms with Gasteiger partial charge in [-0.2, -0.15) is 13.7 Å². The van der Waals surface area contributed by atoms with Crippen molar-refractivity contribution in [1.82, 2.24) is 20.3 Å². The maximum atomic E-state index is 14.2. The molecule has 0 aliphatic carbocycles. The molecule has 0 bridgehead atoms. The molecule has 3 fully saturated rings. The van der Waals surface area contributed by atoms with Crippen molar-refractivity contribution in [3.05, 3.63) is 172 Å². The van der Waals surface area contributed by atoms with Crippen molar-refractivity contribution in [2.45, 2.75) is 58.3 Å². The molecule has 9 rings (SSSR count). The summed E-state index contributed by atoms with van der Waals surface area (Å²) in [6, 6.07) is 25.4. The quantitative estimate of drug-likeness (QED) is 0.0602. The van der Waals surface area contributed by atoms with Crippen molar-refractivity contribution in [1.29, 1.82) is 5.26 Å². The van der Waals surface area contributed by atoms with Crippen LogP contribution in [0.5, 0.6) is 17.6 Å². The second-order valence-electron chi connectivity index (χ2n) is 16.6. The lowest BCUT2D eigenvalue weighted by Crippen LogP contribution is -2.28. The van der Waals surface area contributed by atoms with Crippen LogP contribution >= 0.6 is 12.4 Å². The van der Waals surface area contributed by atoms with Gasteiger partial charge in [-0.25, -0.2) is 37.4 Å². The Bertz CT molecular complexity index is 2960. The number of nitrogens with one attached hydrogen (secondary N) is 1. The number of carbonyl (C=O) groups is 1. The lowest BCUT2D eigenvalue weighted by atomic mass is 10.1. The summed E-state index contributed by atoms with van der Waals surface area (Å²) in [5.74, 6) is -1.65. The molecular weight excluding hydrogens is 1010 g/mol. The minimum Gasteiger partial charge on any atom is -0.473 e. The second kappa shape index (κ2) is 28.6. The Balaban J connectivity index is 0.000000215. The number of pyridine rings is 3. The van der Waals surface area contributed by atoms with Gasteiger partial charge in [-0.1, -0.05) is 42.5 Å². The first-order valence-electron chi connectivity index (χ1n) is 22.6. The topological polar surface area (TPSA) is 231 Å². The predicted molar refractivity (Wildman–Crippen MR) is 271 cm³/mol. The molecule has 3 aromatic heterocycles. The number of hydrogen-bond acceptors (Lipinski definition) is 13. The van der Waals surface area contributed by atoms with Gasteiger partial charge in [0.2, 0.25) is 23.3 Å². The Kier molecular flexibility index (Phi) is 22.8. The zero-order valence-electron chi connectivity index (χ0n) is 40.4. The van der Waals surface area contributed by atoms with E-state index in [4.69, 9.17) is 49.3 Å². The van der Waals surface area contributed by atoms with Crippen LogP contribution in [0.2, 0.25) is 0 Å². The maximum absolute atomic E-state index is 14.2. The summed E-state index contributed by atoms with van der Waals surface area (Å²) >= 11 is 0. The smallest absolute Gasteiger partial charge is 0.394 e. The molecule has 6 aromatic rings.